The number of hydrogen-bond donors (Lipinski definition) is 0. The highest BCUT2D eigenvalue weighted by molar-refractivity contribution is 5.81. The topological polar surface area (TPSA) is 44.8 Å². The van der Waals surface area contributed by atoms with Crippen LogP contribution in [0.15, 0.2) is 12.7 Å². The van der Waals surface area contributed by atoms with Crippen LogP contribution in [-0.2, 0) is 19.0 Å². The Balaban J connectivity index is 1.84. The molecule has 1 aliphatic heterocycles. The van der Waals surface area contributed by atoms with E-state index in [-0.39, 0.29) is 17.5 Å². The second-order valence-corrected chi connectivity index (χ2v) is 7.13. The van der Waals surface area contributed by atoms with Crippen LogP contribution >= 0.6 is 0 Å². The Kier molecular flexibility index (Phi) is 5.67. The van der Waals surface area contributed by atoms with E-state index in [1.54, 1.807) is 0 Å². The minimum absolute atomic E-state index is 0.159. The summed E-state index contributed by atoms with van der Waals surface area (Å²) in [7, 11) is 0. The van der Waals surface area contributed by atoms with E-state index in [9.17, 15) is 4.79 Å². The van der Waals surface area contributed by atoms with Gasteiger partial charge >= 0.3 is 5.97 Å². The Labute approximate surface area is 134 Å². The van der Waals surface area contributed by atoms with E-state index in [4.69, 9.17) is 14.2 Å². The van der Waals surface area contributed by atoms with Crippen LogP contribution in [-0.4, -0.2) is 36.5 Å². The minimum Gasteiger partial charge on any atom is -0.456 e. The lowest BCUT2D eigenvalue weighted by Crippen LogP contribution is -2.51. The maximum atomic E-state index is 11.5. The lowest BCUT2D eigenvalue weighted by atomic mass is 9.70. The smallest absolute Gasteiger partial charge is 0.330 e. The van der Waals surface area contributed by atoms with Crippen molar-refractivity contribution in [1.29, 1.82) is 0 Å². The highest BCUT2D eigenvalue weighted by Gasteiger charge is 2.47. The Morgan fingerprint density at radius 1 is 1.50 bits per heavy atom. The largest absolute Gasteiger partial charge is 0.456 e. The van der Waals surface area contributed by atoms with Gasteiger partial charge in [-0.25, -0.2) is 4.79 Å². The third-order valence-electron chi connectivity index (χ3n) is 5.42. The van der Waals surface area contributed by atoms with Crippen LogP contribution in [0, 0.1) is 5.92 Å². The summed E-state index contributed by atoms with van der Waals surface area (Å²) in [4.78, 5) is 11.5. The summed E-state index contributed by atoms with van der Waals surface area (Å²) in [6.07, 6.45) is 7.70. The molecule has 1 heterocycles. The fraction of sp³-hybridized carbons (Fsp3) is 0.833. The first kappa shape index (κ1) is 17.5. The molecule has 2 rings (SSSR count). The molecule has 4 heteroatoms. The molecule has 0 aromatic rings. The first-order valence-electron chi connectivity index (χ1n) is 8.52. The van der Waals surface area contributed by atoms with E-state index in [0.29, 0.717) is 12.7 Å². The average molecular weight is 310 g/mol. The van der Waals surface area contributed by atoms with Crippen LogP contribution in [0.4, 0.5) is 0 Å². The monoisotopic (exact) mass is 310 g/mol. The average Bonchev–Trinajstić information content (AvgIpc) is 2.98. The third kappa shape index (κ3) is 4.11. The molecule has 4 unspecified atom stereocenters. The molecule has 2 fully saturated rings. The van der Waals surface area contributed by atoms with Crippen molar-refractivity contribution in [2.45, 2.75) is 76.6 Å². The predicted octanol–water partition coefficient (Wildman–Crippen LogP) is 3.64. The standard InChI is InChI=1S/C18H30O4/c1-5-16(19)22-18(4)10-9-14(18)13-21-17(3,6-2)12-15-8-7-11-20-15/h5,14-15H,1,6-13H2,2-4H3. The third-order valence-corrected chi connectivity index (χ3v) is 5.42. The van der Waals surface area contributed by atoms with Gasteiger partial charge in [-0.15, -0.1) is 0 Å². The zero-order chi connectivity index (χ0) is 16.2. The molecule has 1 saturated heterocycles. The Hall–Kier alpha value is -0.870. The van der Waals surface area contributed by atoms with Crippen molar-refractivity contribution in [3.8, 4) is 0 Å². The van der Waals surface area contributed by atoms with Crippen molar-refractivity contribution in [3.63, 3.8) is 0 Å². The van der Waals surface area contributed by atoms with Crippen molar-refractivity contribution in [3.05, 3.63) is 12.7 Å². The minimum atomic E-state index is -0.399. The van der Waals surface area contributed by atoms with Crippen LogP contribution in [0.5, 0.6) is 0 Å². The van der Waals surface area contributed by atoms with Gasteiger partial charge in [0.15, 0.2) is 0 Å². The Bertz CT molecular complexity index is 402. The van der Waals surface area contributed by atoms with Gasteiger partial charge in [-0.1, -0.05) is 13.5 Å². The van der Waals surface area contributed by atoms with Gasteiger partial charge in [-0.3, -0.25) is 0 Å². The molecule has 0 aromatic heterocycles. The summed E-state index contributed by atoms with van der Waals surface area (Å²) >= 11 is 0. The molecular weight excluding hydrogens is 280 g/mol. The molecule has 22 heavy (non-hydrogen) atoms. The van der Waals surface area contributed by atoms with Gasteiger partial charge in [0.1, 0.15) is 5.60 Å². The van der Waals surface area contributed by atoms with Gasteiger partial charge in [-0.2, -0.15) is 0 Å². The number of esters is 1. The summed E-state index contributed by atoms with van der Waals surface area (Å²) in [5.41, 5.74) is -0.558. The Morgan fingerprint density at radius 2 is 2.27 bits per heavy atom. The number of carbonyl (C=O) groups excluding carboxylic acids is 1. The molecule has 2 aliphatic rings. The molecule has 1 saturated carbocycles. The summed E-state index contributed by atoms with van der Waals surface area (Å²) in [5.74, 6) is -0.0726. The van der Waals surface area contributed by atoms with E-state index < -0.39 is 5.60 Å². The summed E-state index contributed by atoms with van der Waals surface area (Å²) in [5, 5.41) is 0. The van der Waals surface area contributed by atoms with E-state index in [1.165, 1.54) is 6.08 Å². The van der Waals surface area contributed by atoms with Crippen molar-refractivity contribution in [1.82, 2.24) is 0 Å². The summed E-state index contributed by atoms with van der Waals surface area (Å²) in [6, 6.07) is 0. The second-order valence-electron chi connectivity index (χ2n) is 7.13. The maximum Gasteiger partial charge on any atom is 0.330 e. The molecular formula is C18H30O4. The predicted molar refractivity (Wildman–Crippen MR) is 85.7 cm³/mol. The molecule has 1 aliphatic carbocycles. The molecule has 0 N–H and O–H groups in total. The molecule has 126 valence electrons. The van der Waals surface area contributed by atoms with Gasteiger partial charge in [0.05, 0.1) is 18.3 Å². The van der Waals surface area contributed by atoms with E-state index in [2.05, 4.69) is 20.4 Å². The van der Waals surface area contributed by atoms with Gasteiger partial charge in [0.25, 0.3) is 0 Å². The number of hydrogen-bond acceptors (Lipinski definition) is 4. The van der Waals surface area contributed by atoms with Crippen LogP contribution in [0.25, 0.3) is 0 Å². The second kappa shape index (κ2) is 7.14. The normalized spacial score (nSPS) is 33.8. The fourth-order valence-electron chi connectivity index (χ4n) is 3.31. The summed E-state index contributed by atoms with van der Waals surface area (Å²) in [6.45, 7) is 11.3. The zero-order valence-corrected chi connectivity index (χ0v) is 14.2. The van der Waals surface area contributed by atoms with Crippen LogP contribution < -0.4 is 0 Å². The highest BCUT2D eigenvalue weighted by atomic mass is 16.6. The molecule has 4 nitrogen and oxygen atoms in total. The quantitative estimate of drug-likeness (QED) is 0.507. The fourth-order valence-corrected chi connectivity index (χ4v) is 3.31. The number of carbonyl (C=O) groups is 1. The van der Waals surface area contributed by atoms with Crippen molar-refractivity contribution in [2.24, 2.45) is 5.92 Å². The Morgan fingerprint density at radius 3 is 2.77 bits per heavy atom. The van der Waals surface area contributed by atoms with Crippen molar-refractivity contribution >= 4 is 5.97 Å². The molecule has 0 bridgehead atoms. The van der Waals surface area contributed by atoms with Crippen molar-refractivity contribution in [2.75, 3.05) is 13.2 Å². The van der Waals surface area contributed by atoms with E-state index in [0.717, 1.165) is 45.1 Å². The van der Waals surface area contributed by atoms with Crippen molar-refractivity contribution < 1.29 is 19.0 Å². The lowest BCUT2D eigenvalue weighted by molar-refractivity contribution is -0.186. The van der Waals surface area contributed by atoms with Gasteiger partial charge < -0.3 is 14.2 Å². The van der Waals surface area contributed by atoms with Gasteiger partial charge in [0, 0.05) is 25.0 Å². The van der Waals surface area contributed by atoms with Crippen LogP contribution in [0.3, 0.4) is 0 Å². The molecule has 0 aromatic carbocycles. The molecule has 0 radical (unpaired) electrons. The first-order valence-corrected chi connectivity index (χ1v) is 8.52. The van der Waals surface area contributed by atoms with Gasteiger partial charge in [0.2, 0.25) is 0 Å². The lowest BCUT2D eigenvalue weighted by Gasteiger charge is -2.47. The van der Waals surface area contributed by atoms with Gasteiger partial charge in [-0.05, 0) is 46.0 Å². The number of ether oxygens (including phenoxy) is 3. The zero-order valence-electron chi connectivity index (χ0n) is 14.2. The molecule has 0 spiro atoms. The molecule has 0 amide bonds. The number of rotatable bonds is 8. The van der Waals surface area contributed by atoms with Crippen LogP contribution in [0.2, 0.25) is 0 Å². The SMILES string of the molecule is C=CC(=O)OC1(C)CCC1COC(C)(CC)CC1CCCO1. The van der Waals surface area contributed by atoms with E-state index in [1.807, 2.05) is 6.92 Å². The first-order chi connectivity index (χ1) is 10.4. The molecule has 4 atom stereocenters. The highest BCUT2D eigenvalue weighted by Crippen LogP contribution is 2.43. The maximum absolute atomic E-state index is 11.5. The van der Waals surface area contributed by atoms with Crippen LogP contribution in [0.1, 0.15) is 59.3 Å². The summed E-state index contributed by atoms with van der Waals surface area (Å²) < 4.78 is 17.5. The van der Waals surface area contributed by atoms with E-state index >= 15 is 0 Å².